The van der Waals surface area contributed by atoms with Crippen LogP contribution >= 0.6 is 9.90 Å². The molecule has 6 heavy (non-hydrogen) atoms. The molecule has 0 aromatic carbocycles. The molecule has 1 N–H and O–H groups in total. The van der Waals surface area contributed by atoms with E-state index in [9.17, 15) is 0 Å². The molecule has 0 aromatic heterocycles. The SMILES string of the molecule is C1COCN1.P. The number of nitrogens with one attached hydrogen (secondary N) is 1. The van der Waals surface area contributed by atoms with Crippen LogP contribution in [0.15, 0.2) is 0 Å². The van der Waals surface area contributed by atoms with Gasteiger partial charge in [0.05, 0.1) is 13.3 Å². The second-order valence-corrected chi connectivity index (χ2v) is 1.05. The van der Waals surface area contributed by atoms with Gasteiger partial charge in [-0.25, -0.2) is 0 Å². The Labute approximate surface area is 40.9 Å². The van der Waals surface area contributed by atoms with Gasteiger partial charge in [0.15, 0.2) is 0 Å². The molecule has 2 nitrogen and oxygen atoms in total. The fourth-order valence-electron chi connectivity index (χ4n) is 0.361. The van der Waals surface area contributed by atoms with Crippen LogP contribution in [0.25, 0.3) is 0 Å². The van der Waals surface area contributed by atoms with Crippen LogP contribution in [-0.2, 0) is 4.74 Å². The van der Waals surface area contributed by atoms with Crippen LogP contribution in [0.1, 0.15) is 0 Å². The second-order valence-electron chi connectivity index (χ2n) is 1.05. The predicted octanol–water partition coefficient (Wildman–Crippen LogP) is -0.378. The highest BCUT2D eigenvalue weighted by Crippen LogP contribution is 1.75. The Hall–Kier alpha value is 0.350. The van der Waals surface area contributed by atoms with E-state index < -0.39 is 0 Å². The van der Waals surface area contributed by atoms with E-state index >= 15 is 0 Å². The third kappa shape index (κ3) is 1.71. The molecule has 1 aliphatic heterocycles. The highest BCUT2D eigenvalue weighted by Gasteiger charge is 1.92. The molecule has 0 saturated carbocycles. The minimum atomic E-state index is 0. The van der Waals surface area contributed by atoms with Crippen LogP contribution in [-0.4, -0.2) is 19.9 Å². The van der Waals surface area contributed by atoms with Crippen molar-refractivity contribution in [2.45, 2.75) is 0 Å². The lowest BCUT2D eigenvalue weighted by Gasteiger charge is -1.76. The summed E-state index contributed by atoms with van der Waals surface area (Å²) in [6, 6.07) is 0. The van der Waals surface area contributed by atoms with Crippen molar-refractivity contribution in [3.05, 3.63) is 0 Å². The summed E-state index contributed by atoms with van der Waals surface area (Å²) in [7, 11) is 0. The summed E-state index contributed by atoms with van der Waals surface area (Å²) in [5.41, 5.74) is 0. The molecule has 1 atom stereocenters. The predicted molar refractivity (Wildman–Crippen MR) is 29.9 cm³/mol. The van der Waals surface area contributed by atoms with Crippen LogP contribution in [0.5, 0.6) is 0 Å². The summed E-state index contributed by atoms with van der Waals surface area (Å²) >= 11 is 0. The van der Waals surface area contributed by atoms with Crippen LogP contribution in [0.2, 0.25) is 0 Å². The first-order chi connectivity index (χ1) is 2.50. The lowest BCUT2D eigenvalue weighted by atomic mass is 10.7. The highest BCUT2D eigenvalue weighted by atomic mass is 31.0. The van der Waals surface area contributed by atoms with Crippen molar-refractivity contribution >= 4 is 9.90 Å². The van der Waals surface area contributed by atoms with Gasteiger partial charge in [0, 0.05) is 6.54 Å². The molecule has 0 spiro atoms. The van der Waals surface area contributed by atoms with E-state index in [0.29, 0.717) is 0 Å². The summed E-state index contributed by atoms with van der Waals surface area (Å²) in [5.74, 6) is 0. The summed E-state index contributed by atoms with van der Waals surface area (Å²) < 4.78 is 4.83. The zero-order valence-electron chi connectivity index (χ0n) is 3.74. The van der Waals surface area contributed by atoms with Crippen molar-refractivity contribution in [3.8, 4) is 0 Å². The molecule has 0 aliphatic carbocycles. The molecule has 0 aromatic rings. The summed E-state index contributed by atoms with van der Waals surface area (Å²) in [6.45, 7) is 2.67. The Morgan fingerprint density at radius 1 is 1.50 bits per heavy atom. The van der Waals surface area contributed by atoms with Crippen molar-refractivity contribution in [2.24, 2.45) is 0 Å². The Kier molecular flexibility index (Phi) is 3.74. The first-order valence-electron chi connectivity index (χ1n) is 1.78. The number of ether oxygens (including phenoxy) is 1. The lowest BCUT2D eigenvalue weighted by molar-refractivity contribution is 0.194. The second kappa shape index (κ2) is 3.54. The van der Waals surface area contributed by atoms with E-state index in [4.69, 9.17) is 4.74 Å². The standard InChI is InChI=1S/C3H7NO.H3P/c1-2-5-3-4-1;/h4H,1-3H2;1H3. The van der Waals surface area contributed by atoms with Crippen LogP contribution in [0.4, 0.5) is 0 Å². The average Bonchev–Trinajstić information content (AvgIpc) is 1.76. The molecule has 1 aliphatic rings. The maximum absolute atomic E-state index is 4.83. The van der Waals surface area contributed by atoms with Crippen LogP contribution in [0, 0.1) is 0 Å². The molecule has 1 rings (SSSR count). The highest BCUT2D eigenvalue weighted by molar-refractivity contribution is 6.92. The third-order valence-corrected chi connectivity index (χ3v) is 0.627. The summed E-state index contributed by atoms with van der Waals surface area (Å²) in [6.07, 6.45) is 0. The molecule has 0 bridgehead atoms. The van der Waals surface area contributed by atoms with Gasteiger partial charge in [-0.3, -0.25) is 5.32 Å². The Bertz CT molecular complexity index is 22.4. The van der Waals surface area contributed by atoms with Gasteiger partial charge >= 0.3 is 0 Å². The Balaban J connectivity index is 0.000000250. The van der Waals surface area contributed by atoms with Gasteiger partial charge in [-0.15, -0.1) is 0 Å². The quantitative estimate of drug-likeness (QED) is 0.426. The van der Waals surface area contributed by atoms with Crippen LogP contribution < -0.4 is 5.32 Å². The zero-order valence-corrected chi connectivity index (χ0v) is 5.15. The van der Waals surface area contributed by atoms with Gasteiger partial charge in [-0.2, -0.15) is 9.90 Å². The van der Waals surface area contributed by atoms with E-state index in [-0.39, 0.29) is 9.90 Å². The normalized spacial score (nSPS) is 20.0. The van der Waals surface area contributed by atoms with Gasteiger partial charge in [-0.1, -0.05) is 0 Å². The largest absolute Gasteiger partial charge is 0.365 e. The fourth-order valence-corrected chi connectivity index (χ4v) is 0.361. The molecule has 38 valence electrons. The molecule has 0 amide bonds. The van der Waals surface area contributed by atoms with Crippen molar-refractivity contribution in [1.29, 1.82) is 0 Å². The summed E-state index contributed by atoms with van der Waals surface area (Å²) in [4.78, 5) is 0. The first kappa shape index (κ1) is 6.35. The molecule has 0 radical (unpaired) electrons. The smallest absolute Gasteiger partial charge is 0.0966 e. The van der Waals surface area contributed by atoms with Gasteiger partial charge in [0.1, 0.15) is 0 Å². The monoisotopic (exact) mass is 107 g/mol. The maximum Gasteiger partial charge on any atom is 0.0966 e. The number of hydrogen-bond donors (Lipinski definition) is 1. The minimum Gasteiger partial charge on any atom is -0.365 e. The van der Waals surface area contributed by atoms with Crippen molar-refractivity contribution in [1.82, 2.24) is 5.32 Å². The lowest BCUT2D eigenvalue weighted by Crippen LogP contribution is -2.05. The van der Waals surface area contributed by atoms with Gasteiger partial charge in [-0.05, 0) is 0 Å². The minimum absolute atomic E-state index is 0. The molecule has 3 heteroatoms. The van der Waals surface area contributed by atoms with Crippen molar-refractivity contribution in [3.63, 3.8) is 0 Å². The molecular weight excluding hydrogens is 97.0 g/mol. The average molecular weight is 107 g/mol. The summed E-state index contributed by atoms with van der Waals surface area (Å²) in [5, 5.41) is 3.00. The molecule has 1 unspecified atom stereocenters. The van der Waals surface area contributed by atoms with Gasteiger partial charge < -0.3 is 4.74 Å². The number of hydrogen-bond acceptors (Lipinski definition) is 2. The molecule has 1 fully saturated rings. The third-order valence-electron chi connectivity index (χ3n) is 0.627. The zero-order chi connectivity index (χ0) is 3.54. The fraction of sp³-hybridized carbons (Fsp3) is 1.00. The van der Waals surface area contributed by atoms with Crippen LogP contribution in [0.3, 0.4) is 0 Å². The van der Waals surface area contributed by atoms with Crippen molar-refractivity contribution in [2.75, 3.05) is 19.9 Å². The first-order valence-corrected chi connectivity index (χ1v) is 1.78. The molecular formula is C3H10NOP. The van der Waals surface area contributed by atoms with Gasteiger partial charge in [0.2, 0.25) is 0 Å². The van der Waals surface area contributed by atoms with E-state index in [0.717, 1.165) is 19.9 Å². The topological polar surface area (TPSA) is 21.3 Å². The Morgan fingerprint density at radius 3 is 2.50 bits per heavy atom. The number of rotatable bonds is 0. The molecule has 1 saturated heterocycles. The molecule has 1 heterocycles. The maximum atomic E-state index is 4.83. The van der Waals surface area contributed by atoms with E-state index in [2.05, 4.69) is 5.32 Å². The van der Waals surface area contributed by atoms with Gasteiger partial charge in [0.25, 0.3) is 0 Å². The Morgan fingerprint density at radius 2 is 2.33 bits per heavy atom. The van der Waals surface area contributed by atoms with E-state index in [1.807, 2.05) is 0 Å². The van der Waals surface area contributed by atoms with Crippen molar-refractivity contribution < 1.29 is 4.74 Å². The van der Waals surface area contributed by atoms with E-state index in [1.165, 1.54) is 0 Å². The van der Waals surface area contributed by atoms with E-state index in [1.54, 1.807) is 0 Å².